The Hall–Kier alpha value is -2.85. The zero-order chi connectivity index (χ0) is 18.4. The second-order valence-electron chi connectivity index (χ2n) is 4.72. The number of anilines is 1. The van der Waals surface area contributed by atoms with E-state index >= 15 is 0 Å². The molecule has 0 bridgehead atoms. The molecule has 2 aromatic rings. The van der Waals surface area contributed by atoms with Gasteiger partial charge < -0.3 is 14.2 Å². The maximum Gasteiger partial charge on any atom is 0.261 e. The number of hydroxylamine groups is 1. The van der Waals surface area contributed by atoms with Crippen molar-refractivity contribution >= 4 is 28.3 Å². The lowest BCUT2D eigenvalue weighted by Crippen LogP contribution is -2.20. The lowest BCUT2D eigenvalue weighted by atomic mass is 10.1. The number of ether oxygens (including phenoxy) is 3. The Balaban J connectivity index is 2.24. The predicted octanol–water partition coefficient (Wildman–Crippen LogP) is 1.47. The molecule has 3 N–H and O–H groups in total. The first kappa shape index (κ1) is 18.5. The van der Waals surface area contributed by atoms with Gasteiger partial charge in [-0.25, -0.2) is 10.5 Å². The monoisotopic (exact) mass is 367 g/mol. The molecule has 0 aliphatic rings. The first-order valence-corrected chi connectivity index (χ1v) is 7.89. The summed E-state index contributed by atoms with van der Waals surface area (Å²) in [4.78, 5) is 27.8. The molecule has 0 spiro atoms. The van der Waals surface area contributed by atoms with Crippen molar-refractivity contribution in [3.63, 3.8) is 0 Å². The topological polar surface area (TPSA) is 119 Å². The molecule has 0 saturated carbocycles. The van der Waals surface area contributed by atoms with E-state index in [0.29, 0.717) is 22.3 Å². The number of carbonyl (C=O) groups is 2. The SMILES string of the molecule is COc1cc(OC)c(OC)c(C(=O)Nc2nc(CC(=O)NO)cs2)c1. The van der Waals surface area contributed by atoms with E-state index in [9.17, 15) is 9.59 Å². The number of carbonyl (C=O) groups excluding carboxylic acids is 2. The normalized spacial score (nSPS) is 10.1. The van der Waals surface area contributed by atoms with Gasteiger partial charge in [0.1, 0.15) is 5.75 Å². The number of methoxy groups -OCH3 is 3. The molecule has 9 nitrogen and oxygen atoms in total. The van der Waals surface area contributed by atoms with Crippen molar-refractivity contribution in [2.45, 2.75) is 6.42 Å². The third kappa shape index (κ3) is 4.37. The van der Waals surface area contributed by atoms with Gasteiger partial charge in [-0.2, -0.15) is 0 Å². The molecule has 0 atom stereocenters. The molecule has 2 amide bonds. The van der Waals surface area contributed by atoms with Crippen molar-refractivity contribution in [2.24, 2.45) is 0 Å². The van der Waals surface area contributed by atoms with Crippen LogP contribution in [0.15, 0.2) is 17.5 Å². The molecule has 1 aromatic carbocycles. The number of nitrogens with zero attached hydrogens (tertiary/aromatic N) is 1. The van der Waals surface area contributed by atoms with Crippen LogP contribution in [0.1, 0.15) is 16.1 Å². The third-order valence-electron chi connectivity index (χ3n) is 3.17. The number of nitrogens with one attached hydrogen (secondary N) is 2. The van der Waals surface area contributed by atoms with Gasteiger partial charge >= 0.3 is 0 Å². The molecular weight excluding hydrogens is 350 g/mol. The van der Waals surface area contributed by atoms with E-state index in [4.69, 9.17) is 19.4 Å². The summed E-state index contributed by atoms with van der Waals surface area (Å²) in [5, 5.41) is 13.1. The Morgan fingerprint density at radius 3 is 2.56 bits per heavy atom. The highest BCUT2D eigenvalue weighted by molar-refractivity contribution is 7.14. The Kier molecular flexibility index (Phi) is 6.14. The van der Waals surface area contributed by atoms with Gasteiger partial charge in [0.05, 0.1) is 39.0 Å². The molecule has 0 aliphatic heterocycles. The van der Waals surface area contributed by atoms with Crippen LogP contribution < -0.4 is 25.0 Å². The third-order valence-corrected chi connectivity index (χ3v) is 3.98. The highest BCUT2D eigenvalue weighted by atomic mass is 32.1. The minimum absolute atomic E-state index is 0.0980. The summed E-state index contributed by atoms with van der Waals surface area (Å²) < 4.78 is 15.6. The average Bonchev–Trinajstić information content (AvgIpc) is 3.06. The van der Waals surface area contributed by atoms with Crippen molar-refractivity contribution in [1.29, 1.82) is 0 Å². The summed E-state index contributed by atoms with van der Waals surface area (Å²) in [5.74, 6) is -0.0186. The quantitative estimate of drug-likeness (QED) is 0.501. The molecule has 134 valence electrons. The fourth-order valence-electron chi connectivity index (χ4n) is 2.04. The molecule has 0 aliphatic carbocycles. The summed E-state index contributed by atoms with van der Waals surface area (Å²) in [5.41, 5.74) is 2.15. The molecule has 0 fully saturated rings. The van der Waals surface area contributed by atoms with Crippen LogP contribution in [-0.4, -0.2) is 43.3 Å². The molecule has 0 unspecified atom stereocenters. The van der Waals surface area contributed by atoms with Crippen molar-refractivity contribution in [3.8, 4) is 17.2 Å². The van der Waals surface area contributed by atoms with E-state index < -0.39 is 11.8 Å². The summed E-state index contributed by atoms with van der Waals surface area (Å²) in [7, 11) is 4.36. The van der Waals surface area contributed by atoms with Crippen LogP contribution in [0, 0.1) is 0 Å². The zero-order valence-electron chi connectivity index (χ0n) is 13.8. The number of rotatable bonds is 7. The van der Waals surface area contributed by atoms with Crippen LogP contribution in [0.2, 0.25) is 0 Å². The zero-order valence-corrected chi connectivity index (χ0v) is 14.6. The largest absolute Gasteiger partial charge is 0.497 e. The van der Waals surface area contributed by atoms with Gasteiger partial charge in [0.15, 0.2) is 16.6 Å². The second kappa shape index (κ2) is 8.31. The van der Waals surface area contributed by atoms with E-state index in [1.54, 1.807) is 11.4 Å². The number of hydrogen-bond donors (Lipinski definition) is 3. The van der Waals surface area contributed by atoms with E-state index in [1.807, 2.05) is 0 Å². The van der Waals surface area contributed by atoms with Gasteiger partial charge in [-0.3, -0.25) is 20.1 Å². The van der Waals surface area contributed by atoms with Crippen molar-refractivity contribution < 1.29 is 29.0 Å². The van der Waals surface area contributed by atoms with Gasteiger partial charge in [0.2, 0.25) is 5.91 Å². The number of amides is 2. The fraction of sp³-hybridized carbons (Fsp3) is 0.267. The second-order valence-corrected chi connectivity index (χ2v) is 5.58. The van der Waals surface area contributed by atoms with Crippen molar-refractivity contribution in [2.75, 3.05) is 26.6 Å². The molecule has 1 aromatic heterocycles. The molecule has 0 saturated heterocycles. The highest BCUT2D eigenvalue weighted by Crippen LogP contribution is 2.36. The summed E-state index contributed by atoms with van der Waals surface area (Å²) in [6.07, 6.45) is -0.0980. The Morgan fingerprint density at radius 2 is 1.96 bits per heavy atom. The lowest BCUT2D eigenvalue weighted by Gasteiger charge is -2.14. The summed E-state index contributed by atoms with van der Waals surface area (Å²) >= 11 is 1.15. The van der Waals surface area contributed by atoms with E-state index in [2.05, 4.69) is 10.3 Å². The smallest absolute Gasteiger partial charge is 0.261 e. The van der Waals surface area contributed by atoms with Gasteiger partial charge in [0.25, 0.3) is 5.91 Å². The molecule has 25 heavy (non-hydrogen) atoms. The van der Waals surface area contributed by atoms with Crippen LogP contribution >= 0.6 is 11.3 Å². The van der Waals surface area contributed by atoms with Gasteiger partial charge in [0, 0.05) is 11.4 Å². The van der Waals surface area contributed by atoms with Crippen LogP contribution in [0.4, 0.5) is 5.13 Å². The minimum atomic E-state index is -0.595. The first-order valence-electron chi connectivity index (χ1n) is 7.01. The number of benzene rings is 1. The van der Waals surface area contributed by atoms with Crippen molar-refractivity contribution in [3.05, 3.63) is 28.8 Å². The number of aromatic nitrogens is 1. The lowest BCUT2D eigenvalue weighted by molar-refractivity contribution is -0.128. The molecule has 1 heterocycles. The van der Waals surface area contributed by atoms with E-state index in [1.165, 1.54) is 32.9 Å². The standard InChI is InChI=1S/C15H17N3O6S/c1-22-9-5-10(13(24-3)11(6-9)23-2)14(20)17-15-16-8(7-25-15)4-12(19)18-21/h5-7,21H,4H2,1-3H3,(H,18,19)(H,16,17,20). The summed E-state index contributed by atoms with van der Waals surface area (Å²) in [6, 6.07) is 3.12. The van der Waals surface area contributed by atoms with Crippen LogP contribution in [-0.2, 0) is 11.2 Å². The van der Waals surface area contributed by atoms with E-state index in [-0.39, 0.29) is 17.7 Å². The predicted molar refractivity (Wildman–Crippen MR) is 89.8 cm³/mol. The Bertz CT molecular complexity index is 777. The first-order chi connectivity index (χ1) is 12.0. The average molecular weight is 367 g/mol. The number of hydrogen-bond acceptors (Lipinski definition) is 8. The van der Waals surface area contributed by atoms with Crippen LogP contribution in [0.3, 0.4) is 0 Å². The maximum absolute atomic E-state index is 12.6. The van der Waals surface area contributed by atoms with Gasteiger partial charge in [-0.05, 0) is 6.07 Å². The van der Waals surface area contributed by atoms with Crippen LogP contribution in [0.5, 0.6) is 17.2 Å². The Morgan fingerprint density at radius 1 is 1.20 bits per heavy atom. The maximum atomic E-state index is 12.6. The molecule has 10 heteroatoms. The van der Waals surface area contributed by atoms with E-state index in [0.717, 1.165) is 11.3 Å². The molecule has 0 radical (unpaired) electrons. The summed E-state index contributed by atoms with van der Waals surface area (Å²) in [6.45, 7) is 0. The highest BCUT2D eigenvalue weighted by Gasteiger charge is 2.20. The fourth-order valence-corrected chi connectivity index (χ4v) is 2.74. The van der Waals surface area contributed by atoms with Crippen molar-refractivity contribution in [1.82, 2.24) is 10.5 Å². The molecular formula is C15H17N3O6S. The van der Waals surface area contributed by atoms with Gasteiger partial charge in [-0.1, -0.05) is 0 Å². The van der Waals surface area contributed by atoms with Gasteiger partial charge in [-0.15, -0.1) is 11.3 Å². The molecule has 2 rings (SSSR count). The van der Waals surface area contributed by atoms with Crippen LogP contribution in [0.25, 0.3) is 0 Å². The minimum Gasteiger partial charge on any atom is -0.497 e. The Labute approximate surface area is 147 Å². The number of thiazole rings is 1.